The van der Waals surface area contributed by atoms with Gasteiger partial charge in [-0.2, -0.15) is 0 Å². The number of para-hydroxylation sites is 1. The molecule has 1 aliphatic rings. The first kappa shape index (κ1) is 25.7. The van der Waals surface area contributed by atoms with E-state index in [2.05, 4.69) is 20.9 Å². The summed E-state index contributed by atoms with van der Waals surface area (Å²) in [4.78, 5) is 40.2. The minimum Gasteiger partial charge on any atom is -0.351 e. The van der Waals surface area contributed by atoms with Crippen molar-refractivity contribution in [1.82, 2.24) is 15.5 Å². The van der Waals surface area contributed by atoms with E-state index in [1.807, 2.05) is 44.2 Å². The number of nitrogens with zero attached hydrogens (tertiary/aromatic N) is 1. The Hall–Kier alpha value is -2.90. The SMILES string of the molecule is CC[C@@H](C)[C@@H](NC(=O)c1ccc(Cl)cc1)C(=O)NC1CCN(CC(=O)Nc2ccccc2)CC1. The van der Waals surface area contributed by atoms with Crippen LogP contribution in [0.4, 0.5) is 5.69 Å². The highest BCUT2D eigenvalue weighted by Crippen LogP contribution is 2.15. The molecular formula is C26H33ClN4O3. The van der Waals surface area contributed by atoms with Crippen molar-refractivity contribution >= 4 is 35.0 Å². The molecular weight excluding hydrogens is 452 g/mol. The number of benzene rings is 2. The van der Waals surface area contributed by atoms with Gasteiger partial charge in [-0.25, -0.2) is 0 Å². The number of piperidine rings is 1. The van der Waals surface area contributed by atoms with Crippen LogP contribution in [0.2, 0.25) is 5.02 Å². The normalized spacial score (nSPS) is 16.3. The number of nitrogens with one attached hydrogen (secondary N) is 3. The van der Waals surface area contributed by atoms with E-state index in [1.54, 1.807) is 24.3 Å². The van der Waals surface area contributed by atoms with E-state index >= 15 is 0 Å². The maximum atomic E-state index is 13.1. The Bertz CT molecular complexity index is 960. The number of likely N-dealkylation sites (tertiary alicyclic amines) is 1. The van der Waals surface area contributed by atoms with E-state index in [0.717, 1.165) is 38.0 Å². The van der Waals surface area contributed by atoms with Crippen molar-refractivity contribution in [2.75, 3.05) is 25.0 Å². The number of carbonyl (C=O) groups is 3. The van der Waals surface area contributed by atoms with Crippen LogP contribution in [-0.2, 0) is 9.59 Å². The minimum atomic E-state index is -0.622. The van der Waals surface area contributed by atoms with Crippen LogP contribution in [0, 0.1) is 5.92 Å². The van der Waals surface area contributed by atoms with Crippen molar-refractivity contribution in [3.05, 3.63) is 65.2 Å². The van der Waals surface area contributed by atoms with Crippen molar-refractivity contribution in [2.45, 2.75) is 45.2 Å². The molecule has 8 heteroatoms. The van der Waals surface area contributed by atoms with Crippen LogP contribution in [0.25, 0.3) is 0 Å². The Balaban J connectivity index is 1.48. The predicted molar refractivity (Wildman–Crippen MR) is 135 cm³/mol. The Morgan fingerprint density at radius 1 is 1.03 bits per heavy atom. The predicted octanol–water partition coefficient (Wildman–Crippen LogP) is 3.70. The van der Waals surface area contributed by atoms with Crippen LogP contribution < -0.4 is 16.0 Å². The van der Waals surface area contributed by atoms with Crippen molar-refractivity contribution in [3.8, 4) is 0 Å². The average molecular weight is 485 g/mol. The van der Waals surface area contributed by atoms with E-state index in [9.17, 15) is 14.4 Å². The van der Waals surface area contributed by atoms with Gasteiger partial charge in [-0.1, -0.05) is 50.1 Å². The molecule has 0 spiro atoms. The molecule has 7 nitrogen and oxygen atoms in total. The van der Waals surface area contributed by atoms with Gasteiger partial charge in [0.1, 0.15) is 6.04 Å². The molecule has 1 fully saturated rings. The van der Waals surface area contributed by atoms with Gasteiger partial charge in [0.2, 0.25) is 11.8 Å². The third-order valence-corrected chi connectivity index (χ3v) is 6.50. The van der Waals surface area contributed by atoms with Gasteiger partial charge in [0.15, 0.2) is 0 Å². The van der Waals surface area contributed by atoms with Crippen LogP contribution >= 0.6 is 11.6 Å². The summed E-state index contributed by atoms with van der Waals surface area (Å²) < 4.78 is 0. The van der Waals surface area contributed by atoms with Crippen molar-refractivity contribution in [3.63, 3.8) is 0 Å². The van der Waals surface area contributed by atoms with Gasteiger partial charge in [-0.15, -0.1) is 0 Å². The lowest BCUT2D eigenvalue weighted by Gasteiger charge is -2.33. The molecule has 0 radical (unpaired) electrons. The monoisotopic (exact) mass is 484 g/mol. The molecule has 2 aromatic carbocycles. The Morgan fingerprint density at radius 3 is 2.29 bits per heavy atom. The fourth-order valence-electron chi connectivity index (χ4n) is 3.98. The lowest BCUT2D eigenvalue weighted by molar-refractivity contribution is -0.125. The zero-order valence-electron chi connectivity index (χ0n) is 19.7. The zero-order valence-corrected chi connectivity index (χ0v) is 20.5. The second-order valence-corrected chi connectivity index (χ2v) is 9.25. The van der Waals surface area contributed by atoms with Gasteiger partial charge < -0.3 is 16.0 Å². The number of carbonyl (C=O) groups excluding carboxylic acids is 3. The number of amides is 3. The van der Waals surface area contributed by atoms with E-state index in [-0.39, 0.29) is 29.7 Å². The van der Waals surface area contributed by atoms with Gasteiger partial charge in [-0.05, 0) is 55.2 Å². The molecule has 2 aromatic rings. The van der Waals surface area contributed by atoms with Gasteiger partial charge >= 0.3 is 0 Å². The summed E-state index contributed by atoms with van der Waals surface area (Å²) in [5.74, 6) is -0.526. The fraction of sp³-hybridized carbons (Fsp3) is 0.423. The van der Waals surface area contributed by atoms with Gasteiger partial charge in [-0.3, -0.25) is 19.3 Å². The van der Waals surface area contributed by atoms with Crippen molar-refractivity contribution in [2.24, 2.45) is 5.92 Å². The largest absolute Gasteiger partial charge is 0.351 e. The number of hydrogen-bond donors (Lipinski definition) is 3. The standard InChI is InChI=1S/C26H33ClN4O3/c1-3-18(2)24(30-25(33)19-9-11-20(27)12-10-19)26(34)29-22-13-15-31(16-14-22)17-23(32)28-21-7-5-4-6-8-21/h4-12,18,22,24H,3,13-17H2,1-2H3,(H,28,32)(H,29,34)(H,30,33)/t18-,24-/m1/s1. The molecule has 1 heterocycles. The maximum absolute atomic E-state index is 13.1. The molecule has 1 aliphatic heterocycles. The third kappa shape index (κ3) is 7.57. The molecule has 3 amide bonds. The summed E-state index contributed by atoms with van der Waals surface area (Å²) in [6, 6.07) is 15.4. The lowest BCUT2D eigenvalue weighted by Crippen LogP contribution is -2.54. The number of hydrogen-bond acceptors (Lipinski definition) is 4. The topological polar surface area (TPSA) is 90.5 Å². The van der Waals surface area contributed by atoms with Gasteiger partial charge in [0.05, 0.1) is 6.54 Å². The molecule has 0 aliphatic carbocycles. The molecule has 0 aromatic heterocycles. The molecule has 34 heavy (non-hydrogen) atoms. The van der Waals surface area contributed by atoms with Crippen LogP contribution in [0.15, 0.2) is 54.6 Å². The van der Waals surface area contributed by atoms with Crippen molar-refractivity contribution in [1.29, 1.82) is 0 Å². The van der Waals surface area contributed by atoms with Crippen LogP contribution in [0.1, 0.15) is 43.5 Å². The number of halogens is 1. The van der Waals surface area contributed by atoms with Crippen LogP contribution in [-0.4, -0.2) is 54.3 Å². The summed E-state index contributed by atoms with van der Waals surface area (Å²) >= 11 is 5.91. The summed E-state index contributed by atoms with van der Waals surface area (Å²) in [6.07, 6.45) is 2.26. The molecule has 1 saturated heterocycles. The Morgan fingerprint density at radius 2 is 1.68 bits per heavy atom. The molecule has 0 unspecified atom stereocenters. The lowest BCUT2D eigenvalue weighted by atomic mass is 9.96. The molecule has 0 bridgehead atoms. The van der Waals surface area contributed by atoms with E-state index in [4.69, 9.17) is 11.6 Å². The first-order valence-corrected chi connectivity index (χ1v) is 12.2. The van der Waals surface area contributed by atoms with Gasteiger partial charge in [0.25, 0.3) is 5.91 Å². The zero-order chi connectivity index (χ0) is 24.5. The highest BCUT2D eigenvalue weighted by atomic mass is 35.5. The average Bonchev–Trinajstić information content (AvgIpc) is 2.84. The van der Waals surface area contributed by atoms with E-state index < -0.39 is 6.04 Å². The molecule has 182 valence electrons. The molecule has 2 atom stereocenters. The first-order chi connectivity index (χ1) is 16.4. The Labute approximate surface area is 206 Å². The molecule has 0 saturated carbocycles. The van der Waals surface area contributed by atoms with E-state index in [1.165, 1.54) is 0 Å². The fourth-order valence-corrected chi connectivity index (χ4v) is 4.11. The summed E-state index contributed by atoms with van der Waals surface area (Å²) in [5.41, 5.74) is 1.25. The quantitative estimate of drug-likeness (QED) is 0.506. The summed E-state index contributed by atoms with van der Waals surface area (Å²) in [7, 11) is 0. The van der Waals surface area contributed by atoms with Gasteiger partial charge in [0, 0.05) is 35.4 Å². The van der Waals surface area contributed by atoms with E-state index in [0.29, 0.717) is 17.1 Å². The Kier molecular flexibility index (Phi) is 9.48. The van der Waals surface area contributed by atoms with Crippen LogP contribution in [0.3, 0.4) is 0 Å². The molecule has 3 N–H and O–H groups in total. The maximum Gasteiger partial charge on any atom is 0.251 e. The first-order valence-electron chi connectivity index (χ1n) is 11.8. The third-order valence-electron chi connectivity index (χ3n) is 6.25. The smallest absolute Gasteiger partial charge is 0.251 e. The highest BCUT2D eigenvalue weighted by molar-refractivity contribution is 6.30. The second kappa shape index (κ2) is 12.5. The highest BCUT2D eigenvalue weighted by Gasteiger charge is 2.29. The summed E-state index contributed by atoms with van der Waals surface area (Å²) in [5, 5.41) is 9.46. The second-order valence-electron chi connectivity index (χ2n) is 8.82. The minimum absolute atomic E-state index is 0.0138. The number of anilines is 1. The van der Waals surface area contributed by atoms with Crippen molar-refractivity contribution < 1.29 is 14.4 Å². The number of rotatable bonds is 9. The molecule has 3 rings (SSSR count). The van der Waals surface area contributed by atoms with Crippen LogP contribution in [0.5, 0.6) is 0 Å². The summed E-state index contributed by atoms with van der Waals surface area (Å²) in [6.45, 7) is 5.72.